The second kappa shape index (κ2) is 5.68. The van der Waals surface area contributed by atoms with E-state index in [0.29, 0.717) is 12.5 Å². The maximum Gasteiger partial charge on any atom is 0.266 e. The zero-order valence-corrected chi connectivity index (χ0v) is 14.8. The first-order chi connectivity index (χ1) is 11.9. The zero-order chi connectivity index (χ0) is 17.6. The van der Waals surface area contributed by atoms with Gasteiger partial charge in [0.25, 0.3) is 5.56 Å². The second-order valence-electron chi connectivity index (χ2n) is 7.67. The summed E-state index contributed by atoms with van der Waals surface area (Å²) >= 11 is 0. The molecule has 0 radical (unpaired) electrons. The van der Waals surface area contributed by atoms with E-state index < -0.39 is 0 Å². The van der Waals surface area contributed by atoms with Gasteiger partial charge in [-0.05, 0) is 12.1 Å². The summed E-state index contributed by atoms with van der Waals surface area (Å²) in [6.45, 7) is 8.69. The SMILES string of the molecule is CC(C)(C)c1ccc(=O)n(CC2CN(c3nccn4nccc34)C2)n1. The quantitative estimate of drug-likeness (QED) is 0.727. The molecule has 25 heavy (non-hydrogen) atoms. The molecule has 7 nitrogen and oxygen atoms in total. The molecular weight excluding hydrogens is 316 g/mol. The van der Waals surface area contributed by atoms with E-state index in [9.17, 15) is 4.79 Å². The fraction of sp³-hybridized carbons (Fsp3) is 0.444. The molecule has 1 aliphatic heterocycles. The third kappa shape index (κ3) is 2.90. The average molecular weight is 338 g/mol. The molecule has 0 atom stereocenters. The number of anilines is 1. The summed E-state index contributed by atoms with van der Waals surface area (Å²) in [5, 5.41) is 8.81. The molecule has 0 spiro atoms. The van der Waals surface area contributed by atoms with Crippen LogP contribution in [0.15, 0.2) is 41.6 Å². The molecule has 7 heteroatoms. The van der Waals surface area contributed by atoms with Gasteiger partial charge in [-0.1, -0.05) is 20.8 Å². The smallest absolute Gasteiger partial charge is 0.266 e. The van der Waals surface area contributed by atoms with Gasteiger partial charge in [0, 0.05) is 42.9 Å². The maximum absolute atomic E-state index is 12.1. The molecule has 4 heterocycles. The Kier molecular flexibility index (Phi) is 3.59. The summed E-state index contributed by atoms with van der Waals surface area (Å²) in [6.07, 6.45) is 5.39. The summed E-state index contributed by atoms with van der Waals surface area (Å²) in [5.41, 5.74) is 1.84. The number of hydrogen-bond acceptors (Lipinski definition) is 5. The minimum atomic E-state index is -0.0668. The van der Waals surface area contributed by atoms with E-state index in [1.807, 2.05) is 22.8 Å². The summed E-state index contributed by atoms with van der Waals surface area (Å²) < 4.78 is 3.43. The van der Waals surface area contributed by atoms with E-state index in [-0.39, 0.29) is 11.0 Å². The van der Waals surface area contributed by atoms with Crippen LogP contribution in [0.2, 0.25) is 0 Å². The molecule has 3 aromatic heterocycles. The predicted octanol–water partition coefficient (Wildman–Crippen LogP) is 1.72. The van der Waals surface area contributed by atoms with Crippen molar-refractivity contribution in [2.24, 2.45) is 5.92 Å². The summed E-state index contributed by atoms with van der Waals surface area (Å²) in [6, 6.07) is 5.42. The van der Waals surface area contributed by atoms with Gasteiger partial charge in [0.2, 0.25) is 0 Å². The van der Waals surface area contributed by atoms with Gasteiger partial charge in [0.15, 0.2) is 5.82 Å². The molecule has 0 amide bonds. The first kappa shape index (κ1) is 15.8. The standard InChI is InChI=1S/C18H22N6O/c1-18(2,3)15-4-5-16(25)24(21-15)12-13-10-22(11-13)17-14-6-7-20-23(14)9-8-19-17/h4-9,13H,10-12H2,1-3H3. The van der Waals surface area contributed by atoms with Crippen LogP contribution in [0.4, 0.5) is 5.82 Å². The lowest BCUT2D eigenvalue weighted by atomic mass is 9.92. The molecule has 0 bridgehead atoms. The topological polar surface area (TPSA) is 68.3 Å². The van der Waals surface area contributed by atoms with E-state index in [4.69, 9.17) is 0 Å². The van der Waals surface area contributed by atoms with Crippen molar-refractivity contribution in [2.45, 2.75) is 32.7 Å². The minimum Gasteiger partial charge on any atom is -0.354 e. The van der Waals surface area contributed by atoms with Crippen molar-refractivity contribution in [1.29, 1.82) is 0 Å². The first-order valence-corrected chi connectivity index (χ1v) is 8.54. The van der Waals surface area contributed by atoms with E-state index in [0.717, 1.165) is 30.1 Å². The Morgan fingerprint density at radius 1 is 1.16 bits per heavy atom. The highest BCUT2D eigenvalue weighted by Crippen LogP contribution is 2.27. The molecule has 0 saturated carbocycles. The third-order valence-corrected chi connectivity index (χ3v) is 4.63. The lowest BCUT2D eigenvalue weighted by molar-refractivity contribution is 0.328. The van der Waals surface area contributed by atoms with Crippen molar-refractivity contribution >= 4 is 11.3 Å². The molecular formula is C18H22N6O. The second-order valence-corrected chi connectivity index (χ2v) is 7.67. The molecule has 0 aromatic carbocycles. The molecule has 4 rings (SSSR count). The minimum absolute atomic E-state index is 0.0394. The van der Waals surface area contributed by atoms with Gasteiger partial charge in [-0.15, -0.1) is 0 Å². The highest BCUT2D eigenvalue weighted by atomic mass is 16.1. The van der Waals surface area contributed by atoms with Crippen molar-refractivity contribution in [3.05, 3.63) is 52.8 Å². The van der Waals surface area contributed by atoms with Crippen LogP contribution in [0.25, 0.3) is 5.52 Å². The fourth-order valence-electron chi connectivity index (χ4n) is 3.17. The van der Waals surface area contributed by atoms with Gasteiger partial charge in [-0.2, -0.15) is 10.2 Å². The zero-order valence-electron chi connectivity index (χ0n) is 14.8. The fourth-order valence-corrected chi connectivity index (χ4v) is 3.17. The predicted molar refractivity (Wildman–Crippen MR) is 95.9 cm³/mol. The van der Waals surface area contributed by atoms with Crippen LogP contribution < -0.4 is 10.5 Å². The lowest BCUT2D eigenvalue weighted by Crippen LogP contribution is -2.50. The Labute approximate surface area is 145 Å². The van der Waals surface area contributed by atoms with Crippen molar-refractivity contribution < 1.29 is 0 Å². The van der Waals surface area contributed by atoms with E-state index >= 15 is 0 Å². The van der Waals surface area contributed by atoms with E-state index in [1.165, 1.54) is 0 Å². The number of fused-ring (bicyclic) bond motifs is 1. The van der Waals surface area contributed by atoms with Crippen molar-refractivity contribution in [3.63, 3.8) is 0 Å². The highest BCUT2D eigenvalue weighted by molar-refractivity contribution is 5.69. The van der Waals surface area contributed by atoms with Crippen LogP contribution in [0.1, 0.15) is 26.5 Å². The molecule has 130 valence electrons. The summed E-state index contributed by atoms with van der Waals surface area (Å²) in [4.78, 5) is 18.8. The van der Waals surface area contributed by atoms with Crippen LogP contribution in [-0.4, -0.2) is 37.5 Å². The molecule has 1 aliphatic rings. The van der Waals surface area contributed by atoms with Crippen LogP contribution in [0, 0.1) is 5.92 Å². The lowest BCUT2D eigenvalue weighted by Gasteiger charge is -2.40. The molecule has 0 N–H and O–H groups in total. The van der Waals surface area contributed by atoms with Crippen LogP contribution in [0.3, 0.4) is 0 Å². The molecule has 0 unspecified atom stereocenters. The van der Waals surface area contributed by atoms with Crippen molar-refractivity contribution in [3.8, 4) is 0 Å². The van der Waals surface area contributed by atoms with Crippen LogP contribution in [0.5, 0.6) is 0 Å². The van der Waals surface area contributed by atoms with Crippen LogP contribution in [-0.2, 0) is 12.0 Å². The monoisotopic (exact) mass is 338 g/mol. The number of nitrogens with zero attached hydrogens (tertiary/aromatic N) is 6. The summed E-state index contributed by atoms with van der Waals surface area (Å²) in [7, 11) is 0. The average Bonchev–Trinajstić information content (AvgIpc) is 2.99. The van der Waals surface area contributed by atoms with Gasteiger partial charge in [0.1, 0.15) is 5.52 Å². The number of rotatable bonds is 3. The van der Waals surface area contributed by atoms with Gasteiger partial charge in [-0.3, -0.25) is 4.79 Å². The normalized spacial score (nSPS) is 15.6. The Hall–Kier alpha value is -2.70. The van der Waals surface area contributed by atoms with Gasteiger partial charge in [-0.25, -0.2) is 14.2 Å². The highest BCUT2D eigenvalue weighted by Gasteiger charge is 2.30. The Bertz CT molecular complexity index is 961. The maximum atomic E-state index is 12.1. The number of hydrogen-bond donors (Lipinski definition) is 0. The van der Waals surface area contributed by atoms with Crippen molar-refractivity contribution in [2.75, 3.05) is 18.0 Å². The Morgan fingerprint density at radius 2 is 1.96 bits per heavy atom. The van der Waals surface area contributed by atoms with Gasteiger partial charge in [0.05, 0.1) is 18.4 Å². The first-order valence-electron chi connectivity index (χ1n) is 8.54. The molecule has 0 aliphatic carbocycles. The van der Waals surface area contributed by atoms with Crippen LogP contribution >= 0.6 is 0 Å². The van der Waals surface area contributed by atoms with Crippen molar-refractivity contribution in [1.82, 2.24) is 24.4 Å². The molecule has 1 fully saturated rings. The largest absolute Gasteiger partial charge is 0.354 e. The third-order valence-electron chi connectivity index (χ3n) is 4.63. The Morgan fingerprint density at radius 3 is 2.72 bits per heavy atom. The number of aromatic nitrogens is 5. The van der Waals surface area contributed by atoms with E-state index in [1.54, 1.807) is 23.1 Å². The Balaban J connectivity index is 1.49. The summed E-state index contributed by atoms with van der Waals surface area (Å²) in [5.74, 6) is 1.34. The molecule has 1 saturated heterocycles. The van der Waals surface area contributed by atoms with Gasteiger partial charge >= 0.3 is 0 Å². The van der Waals surface area contributed by atoms with E-state index in [2.05, 4.69) is 40.9 Å². The van der Waals surface area contributed by atoms with Gasteiger partial charge < -0.3 is 4.90 Å². The molecule has 3 aromatic rings.